The number of methoxy groups -OCH3 is 1. The van der Waals surface area contributed by atoms with Gasteiger partial charge < -0.3 is 14.4 Å². The van der Waals surface area contributed by atoms with Crippen LogP contribution in [0.4, 0.5) is 0 Å². The molecule has 0 aliphatic rings. The smallest absolute Gasteiger partial charge is 0.121 e. The summed E-state index contributed by atoms with van der Waals surface area (Å²) in [6, 6.07) is 9.97. The number of nitrogens with zero attached hydrogens (tertiary/aromatic N) is 2. The topological polar surface area (TPSA) is 47.3 Å². The maximum absolute atomic E-state index is 11.0. The second-order valence-electron chi connectivity index (χ2n) is 6.15. The van der Waals surface area contributed by atoms with Gasteiger partial charge in [-0.1, -0.05) is 17.7 Å². The summed E-state index contributed by atoms with van der Waals surface area (Å²) in [6.45, 7) is 6.14. The Hall–Kier alpha value is -2.59. The van der Waals surface area contributed by atoms with Crippen molar-refractivity contribution in [3.05, 3.63) is 76.9 Å². The molecular formula is C20H22N2O2. The number of hydrogen-bond acceptors (Lipinski definition) is 3. The number of rotatable bonds is 4. The minimum atomic E-state index is -0.706. The first-order valence-electron chi connectivity index (χ1n) is 7.92. The van der Waals surface area contributed by atoms with Gasteiger partial charge in [-0.15, -0.1) is 0 Å². The van der Waals surface area contributed by atoms with E-state index in [9.17, 15) is 5.11 Å². The Balaban J connectivity index is 2.10. The fraction of sp³-hybridized carbons (Fsp3) is 0.250. The van der Waals surface area contributed by atoms with E-state index in [1.165, 1.54) is 5.56 Å². The largest absolute Gasteiger partial charge is 0.497 e. The molecule has 1 aromatic heterocycles. The van der Waals surface area contributed by atoms with Crippen molar-refractivity contribution in [3.8, 4) is 11.4 Å². The van der Waals surface area contributed by atoms with E-state index in [0.29, 0.717) is 5.75 Å². The van der Waals surface area contributed by atoms with Gasteiger partial charge in [0, 0.05) is 18.5 Å². The molecule has 0 saturated carbocycles. The number of aliphatic hydroxyl groups is 1. The van der Waals surface area contributed by atoms with Gasteiger partial charge in [0.1, 0.15) is 11.9 Å². The zero-order valence-electron chi connectivity index (χ0n) is 14.4. The van der Waals surface area contributed by atoms with Crippen LogP contribution in [0.1, 0.15) is 33.9 Å². The summed E-state index contributed by atoms with van der Waals surface area (Å²) >= 11 is 0. The molecule has 1 atom stereocenters. The summed E-state index contributed by atoms with van der Waals surface area (Å²) in [5, 5.41) is 11.0. The van der Waals surface area contributed by atoms with Crippen molar-refractivity contribution < 1.29 is 9.84 Å². The van der Waals surface area contributed by atoms with Gasteiger partial charge in [0.15, 0.2) is 0 Å². The van der Waals surface area contributed by atoms with Gasteiger partial charge in [0.2, 0.25) is 0 Å². The Morgan fingerprint density at radius 3 is 2.33 bits per heavy atom. The molecular weight excluding hydrogens is 300 g/mol. The molecule has 0 fully saturated rings. The quantitative estimate of drug-likeness (QED) is 0.793. The summed E-state index contributed by atoms with van der Waals surface area (Å²) in [5.74, 6) is 0.706. The summed E-state index contributed by atoms with van der Waals surface area (Å²) in [5.41, 5.74) is 6.03. The lowest BCUT2D eigenvalue weighted by molar-refractivity contribution is 0.218. The van der Waals surface area contributed by atoms with Gasteiger partial charge in [0.25, 0.3) is 0 Å². The maximum Gasteiger partial charge on any atom is 0.121 e. The first-order chi connectivity index (χ1) is 11.5. The fourth-order valence-corrected chi connectivity index (χ4v) is 3.23. The number of hydrogen-bond donors (Lipinski definition) is 1. The van der Waals surface area contributed by atoms with Gasteiger partial charge in [-0.25, -0.2) is 4.98 Å². The van der Waals surface area contributed by atoms with Gasteiger partial charge in [0.05, 0.1) is 19.1 Å². The van der Waals surface area contributed by atoms with Crippen LogP contribution in [0.15, 0.2) is 49.1 Å². The summed E-state index contributed by atoms with van der Waals surface area (Å²) in [4.78, 5) is 4.08. The van der Waals surface area contributed by atoms with E-state index in [1.807, 2.05) is 42.8 Å². The molecule has 0 saturated heterocycles. The Morgan fingerprint density at radius 1 is 1.04 bits per heavy atom. The van der Waals surface area contributed by atoms with Crippen LogP contribution in [0.2, 0.25) is 0 Å². The van der Waals surface area contributed by atoms with Gasteiger partial charge >= 0.3 is 0 Å². The van der Waals surface area contributed by atoms with Crippen LogP contribution in [-0.4, -0.2) is 21.8 Å². The van der Waals surface area contributed by atoms with E-state index >= 15 is 0 Å². The number of benzene rings is 2. The number of imidazole rings is 1. The molecule has 0 amide bonds. The maximum atomic E-state index is 11.0. The summed E-state index contributed by atoms with van der Waals surface area (Å²) in [7, 11) is 1.63. The molecule has 0 spiro atoms. The number of aryl methyl sites for hydroxylation is 3. The van der Waals surface area contributed by atoms with Crippen LogP contribution in [0.25, 0.3) is 5.69 Å². The normalized spacial score (nSPS) is 12.2. The molecule has 4 heteroatoms. The third-order valence-corrected chi connectivity index (χ3v) is 4.28. The monoisotopic (exact) mass is 322 g/mol. The first kappa shape index (κ1) is 16.3. The predicted octanol–water partition coefficient (Wildman–Crippen LogP) is 3.89. The van der Waals surface area contributed by atoms with Crippen molar-refractivity contribution in [2.45, 2.75) is 26.9 Å². The lowest BCUT2D eigenvalue weighted by Crippen LogP contribution is -2.06. The molecule has 2 aromatic carbocycles. The summed E-state index contributed by atoms with van der Waals surface area (Å²) in [6.07, 6.45) is 4.62. The molecule has 1 unspecified atom stereocenters. The average Bonchev–Trinajstić information content (AvgIpc) is 3.07. The minimum Gasteiger partial charge on any atom is -0.497 e. The van der Waals surface area contributed by atoms with Crippen LogP contribution in [0.5, 0.6) is 5.75 Å². The summed E-state index contributed by atoms with van der Waals surface area (Å²) < 4.78 is 7.31. The van der Waals surface area contributed by atoms with Crippen molar-refractivity contribution in [3.63, 3.8) is 0 Å². The van der Waals surface area contributed by atoms with Gasteiger partial charge in [-0.3, -0.25) is 0 Å². The third kappa shape index (κ3) is 3.05. The molecule has 3 rings (SSSR count). The first-order valence-corrected chi connectivity index (χ1v) is 7.92. The zero-order chi connectivity index (χ0) is 17.3. The molecule has 24 heavy (non-hydrogen) atoms. The highest BCUT2D eigenvalue weighted by atomic mass is 16.5. The van der Waals surface area contributed by atoms with Crippen molar-refractivity contribution in [1.82, 2.24) is 9.55 Å². The second kappa shape index (κ2) is 6.49. The molecule has 124 valence electrons. The fourth-order valence-electron chi connectivity index (χ4n) is 3.23. The van der Waals surface area contributed by atoms with Crippen molar-refractivity contribution in [2.75, 3.05) is 7.11 Å². The van der Waals surface area contributed by atoms with E-state index in [0.717, 1.165) is 27.9 Å². The molecule has 4 nitrogen and oxygen atoms in total. The molecule has 3 aromatic rings. The highest BCUT2D eigenvalue weighted by Crippen LogP contribution is 2.32. The van der Waals surface area contributed by atoms with Crippen molar-refractivity contribution in [2.24, 2.45) is 0 Å². The van der Waals surface area contributed by atoms with Crippen LogP contribution >= 0.6 is 0 Å². The molecule has 0 bridgehead atoms. The molecule has 1 N–H and O–H groups in total. The van der Waals surface area contributed by atoms with Gasteiger partial charge in [-0.2, -0.15) is 0 Å². The predicted molar refractivity (Wildman–Crippen MR) is 94.8 cm³/mol. The SMILES string of the molecule is COc1cc(C(O)c2c(C)cc(C)cc2C)cc(-n2ccnc2)c1. The Kier molecular flexibility index (Phi) is 4.40. The third-order valence-electron chi connectivity index (χ3n) is 4.28. The van der Waals surface area contributed by atoms with Gasteiger partial charge in [-0.05, 0) is 55.2 Å². The molecule has 0 aliphatic carbocycles. The van der Waals surface area contributed by atoms with Crippen LogP contribution in [-0.2, 0) is 0 Å². The minimum absolute atomic E-state index is 0.706. The highest BCUT2D eigenvalue weighted by molar-refractivity contribution is 5.49. The van der Waals surface area contributed by atoms with E-state index in [2.05, 4.69) is 24.0 Å². The Labute approximate surface area is 142 Å². The van der Waals surface area contributed by atoms with Crippen LogP contribution in [0, 0.1) is 20.8 Å². The zero-order valence-corrected chi connectivity index (χ0v) is 14.4. The average molecular weight is 322 g/mol. The number of aliphatic hydroxyl groups excluding tert-OH is 1. The molecule has 0 radical (unpaired) electrons. The van der Waals surface area contributed by atoms with Crippen molar-refractivity contribution in [1.29, 1.82) is 0 Å². The van der Waals surface area contributed by atoms with Crippen LogP contribution in [0.3, 0.4) is 0 Å². The van der Waals surface area contributed by atoms with E-state index in [4.69, 9.17) is 4.74 Å². The second-order valence-corrected chi connectivity index (χ2v) is 6.15. The number of ether oxygens (including phenoxy) is 1. The van der Waals surface area contributed by atoms with Crippen LogP contribution < -0.4 is 4.74 Å². The van der Waals surface area contributed by atoms with E-state index in [-0.39, 0.29) is 0 Å². The molecule has 1 heterocycles. The lowest BCUT2D eigenvalue weighted by Gasteiger charge is -2.19. The number of aromatic nitrogens is 2. The van der Waals surface area contributed by atoms with E-state index < -0.39 is 6.10 Å². The van der Waals surface area contributed by atoms with Crippen molar-refractivity contribution >= 4 is 0 Å². The molecule has 0 aliphatic heterocycles. The standard InChI is InChI=1S/C20H22N2O2/c1-13-7-14(2)19(15(3)8-13)20(23)16-9-17(11-18(10-16)24-4)22-6-5-21-12-22/h5-12,20,23H,1-4H3. The van der Waals surface area contributed by atoms with E-state index in [1.54, 1.807) is 19.6 Å². The Morgan fingerprint density at radius 2 is 1.75 bits per heavy atom. The lowest BCUT2D eigenvalue weighted by atomic mass is 9.91. The highest BCUT2D eigenvalue weighted by Gasteiger charge is 2.18. The Bertz CT molecular complexity index is 831.